The largest absolute Gasteiger partial charge is 0.497 e. The highest BCUT2D eigenvalue weighted by Gasteiger charge is 2.40. The summed E-state index contributed by atoms with van der Waals surface area (Å²) in [5.41, 5.74) is 1.02. The van der Waals surface area contributed by atoms with Crippen LogP contribution >= 0.6 is 0 Å². The number of carbonyl (C=O) groups is 2. The predicted octanol–water partition coefficient (Wildman–Crippen LogP) is 1.68. The quantitative estimate of drug-likeness (QED) is 0.615. The number of benzene rings is 1. The van der Waals surface area contributed by atoms with E-state index in [9.17, 15) is 18.0 Å². The Kier molecular flexibility index (Phi) is 7.01. The van der Waals surface area contributed by atoms with E-state index in [1.54, 1.807) is 33.2 Å². The summed E-state index contributed by atoms with van der Waals surface area (Å²) in [6, 6.07) is 7.76. The zero-order chi connectivity index (χ0) is 22.6. The van der Waals surface area contributed by atoms with Gasteiger partial charge in [0.25, 0.3) is 0 Å². The average molecular weight is 450 g/mol. The van der Waals surface area contributed by atoms with Gasteiger partial charge >= 0.3 is 5.97 Å². The molecule has 2 heterocycles. The monoisotopic (exact) mass is 449 g/mol. The number of aromatic nitrogens is 1. The maximum absolute atomic E-state index is 13.2. The Morgan fingerprint density at radius 1 is 1.23 bits per heavy atom. The van der Waals surface area contributed by atoms with Crippen LogP contribution in [-0.2, 0) is 33.1 Å². The Balaban J connectivity index is 1.73. The second kappa shape index (κ2) is 9.52. The van der Waals surface area contributed by atoms with Gasteiger partial charge in [-0.15, -0.1) is 0 Å². The second-order valence-electron chi connectivity index (χ2n) is 7.23. The molecule has 9 nitrogen and oxygen atoms in total. The van der Waals surface area contributed by atoms with Crippen molar-refractivity contribution in [1.29, 1.82) is 0 Å². The lowest BCUT2D eigenvalue weighted by atomic mass is 10.2. The van der Waals surface area contributed by atoms with Gasteiger partial charge < -0.3 is 19.4 Å². The molecule has 0 spiro atoms. The van der Waals surface area contributed by atoms with Crippen LogP contribution in [0.4, 0.5) is 0 Å². The molecule has 1 fully saturated rings. The fourth-order valence-corrected chi connectivity index (χ4v) is 5.29. The molecule has 168 valence electrons. The van der Waals surface area contributed by atoms with Crippen LogP contribution in [0.25, 0.3) is 0 Å². The molecule has 0 bridgehead atoms. The third-order valence-electron chi connectivity index (χ3n) is 5.20. The van der Waals surface area contributed by atoms with Gasteiger partial charge in [0.1, 0.15) is 22.4 Å². The summed E-state index contributed by atoms with van der Waals surface area (Å²) >= 11 is 0. The lowest BCUT2D eigenvalue weighted by Crippen LogP contribution is -2.45. The molecule has 31 heavy (non-hydrogen) atoms. The summed E-state index contributed by atoms with van der Waals surface area (Å²) in [6.45, 7) is 2.39. The molecule has 0 aliphatic carbocycles. The number of rotatable bonds is 8. The average Bonchev–Trinajstić information content (AvgIpc) is 3.40. The zero-order valence-corrected chi connectivity index (χ0v) is 18.6. The van der Waals surface area contributed by atoms with Crippen LogP contribution in [0.3, 0.4) is 0 Å². The van der Waals surface area contributed by atoms with Crippen molar-refractivity contribution in [3.05, 3.63) is 47.8 Å². The number of methoxy groups -OCH3 is 1. The van der Waals surface area contributed by atoms with E-state index in [2.05, 4.69) is 5.32 Å². The normalized spacial score (nSPS) is 16.8. The molecule has 2 aromatic rings. The van der Waals surface area contributed by atoms with Crippen molar-refractivity contribution in [3.63, 3.8) is 0 Å². The van der Waals surface area contributed by atoms with Crippen LogP contribution in [0.1, 0.15) is 35.8 Å². The van der Waals surface area contributed by atoms with E-state index in [-0.39, 0.29) is 36.2 Å². The number of amides is 1. The smallest absolute Gasteiger partial charge is 0.354 e. The van der Waals surface area contributed by atoms with Gasteiger partial charge in [0.15, 0.2) is 0 Å². The van der Waals surface area contributed by atoms with Crippen molar-refractivity contribution in [3.8, 4) is 5.75 Å². The Hall–Kier alpha value is -2.85. The van der Waals surface area contributed by atoms with Crippen molar-refractivity contribution < 1.29 is 27.5 Å². The molecule has 1 aromatic carbocycles. The molecule has 1 amide bonds. The number of sulfonamides is 1. The van der Waals surface area contributed by atoms with Crippen LogP contribution in [0.15, 0.2) is 41.4 Å². The Labute approximate surface area is 182 Å². The highest BCUT2D eigenvalue weighted by molar-refractivity contribution is 7.89. The van der Waals surface area contributed by atoms with Gasteiger partial charge in [0.2, 0.25) is 15.9 Å². The summed E-state index contributed by atoms with van der Waals surface area (Å²) < 4.78 is 39.1. The van der Waals surface area contributed by atoms with E-state index in [0.29, 0.717) is 18.6 Å². The standard InChI is InChI=1S/C21H27N3O6S/c1-4-30-21(26)19-12-17(14-23(19)2)31(27,28)24-11-5-6-18(24)20(25)22-13-15-7-9-16(29-3)10-8-15/h7-10,12,14,18H,4-6,11,13H2,1-3H3,(H,22,25). The Morgan fingerprint density at radius 2 is 1.94 bits per heavy atom. The number of aryl methyl sites for hydroxylation is 1. The first-order valence-electron chi connectivity index (χ1n) is 10.0. The summed E-state index contributed by atoms with van der Waals surface area (Å²) in [5, 5.41) is 2.82. The lowest BCUT2D eigenvalue weighted by molar-refractivity contribution is -0.124. The second-order valence-corrected chi connectivity index (χ2v) is 9.12. The summed E-state index contributed by atoms with van der Waals surface area (Å²) in [6.07, 6.45) is 2.38. The van der Waals surface area contributed by atoms with Crippen LogP contribution in [0.5, 0.6) is 5.75 Å². The fraction of sp³-hybridized carbons (Fsp3) is 0.429. The minimum Gasteiger partial charge on any atom is -0.497 e. The zero-order valence-electron chi connectivity index (χ0n) is 17.8. The number of esters is 1. The fourth-order valence-electron chi connectivity index (χ4n) is 3.56. The van der Waals surface area contributed by atoms with Crippen LogP contribution in [-0.4, -0.2) is 55.5 Å². The van der Waals surface area contributed by atoms with Crippen LogP contribution < -0.4 is 10.1 Å². The molecule has 0 saturated carbocycles. The minimum atomic E-state index is -3.95. The van der Waals surface area contributed by atoms with Gasteiger partial charge in [-0.1, -0.05) is 12.1 Å². The molecular formula is C21H27N3O6S. The van der Waals surface area contributed by atoms with E-state index in [4.69, 9.17) is 9.47 Å². The van der Waals surface area contributed by atoms with E-state index in [1.807, 2.05) is 12.1 Å². The van der Waals surface area contributed by atoms with Crippen molar-refractivity contribution in [2.24, 2.45) is 7.05 Å². The van der Waals surface area contributed by atoms with Crippen molar-refractivity contribution in [2.75, 3.05) is 20.3 Å². The Bertz CT molecular complexity index is 1050. The molecule has 1 aliphatic rings. The molecule has 1 atom stereocenters. The maximum Gasteiger partial charge on any atom is 0.354 e. The summed E-state index contributed by atoms with van der Waals surface area (Å²) in [7, 11) is -0.792. The van der Waals surface area contributed by atoms with Crippen molar-refractivity contribution in [1.82, 2.24) is 14.2 Å². The molecule has 1 aliphatic heterocycles. The summed E-state index contributed by atoms with van der Waals surface area (Å²) in [5.74, 6) is -0.228. The molecule has 3 rings (SSSR count). The first kappa shape index (κ1) is 22.8. The third-order valence-corrected chi connectivity index (χ3v) is 7.08. The lowest BCUT2D eigenvalue weighted by Gasteiger charge is -2.23. The maximum atomic E-state index is 13.2. The molecule has 1 aromatic heterocycles. The van der Waals surface area contributed by atoms with Crippen molar-refractivity contribution >= 4 is 21.9 Å². The molecule has 1 unspecified atom stereocenters. The SMILES string of the molecule is CCOC(=O)c1cc(S(=O)(=O)N2CCCC2C(=O)NCc2ccc(OC)cc2)cn1C. The van der Waals surface area contributed by atoms with Gasteiger partial charge in [-0.3, -0.25) is 4.79 Å². The Morgan fingerprint density at radius 3 is 2.58 bits per heavy atom. The highest BCUT2D eigenvalue weighted by Crippen LogP contribution is 2.27. The van der Waals surface area contributed by atoms with Crippen molar-refractivity contribution in [2.45, 2.75) is 37.2 Å². The summed E-state index contributed by atoms with van der Waals surface area (Å²) in [4.78, 5) is 24.8. The third kappa shape index (κ3) is 4.91. The van der Waals surface area contributed by atoms with Gasteiger partial charge in [0, 0.05) is 26.3 Å². The number of nitrogens with one attached hydrogen (secondary N) is 1. The first-order chi connectivity index (χ1) is 14.8. The van der Waals surface area contributed by atoms with E-state index in [1.165, 1.54) is 21.1 Å². The van der Waals surface area contributed by atoms with Crippen LogP contribution in [0.2, 0.25) is 0 Å². The van der Waals surface area contributed by atoms with E-state index >= 15 is 0 Å². The topological polar surface area (TPSA) is 107 Å². The van der Waals surface area contributed by atoms with Gasteiger partial charge in [-0.2, -0.15) is 4.31 Å². The van der Waals surface area contributed by atoms with Gasteiger partial charge in [-0.25, -0.2) is 13.2 Å². The molecule has 10 heteroatoms. The van der Waals surface area contributed by atoms with E-state index in [0.717, 1.165) is 5.56 Å². The number of hydrogen-bond donors (Lipinski definition) is 1. The van der Waals surface area contributed by atoms with Crippen LogP contribution in [0, 0.1) is 0 Å². The predicted molar refractivity (Wildman–Crippen MR) is 113 cm³/mol. The number of hydrogen-bond acceptors (Lipinski definition) is 6. The number of nitrogens with zero attached hydrogens (tertiary/aromatic N) is 2. The van der Waals surface area contributed by atoms with Gasteiger partial charge in [0.05, 0.1) is 13.7 Å². The molecule has 0 radical (unpaired) electrons. The van der Waals surface area contributed by atoms with Gasteiger partial charge in [-0.05, 0) is 43.5 Å². The number of ether oxygens (including phenoxy) is 2. The highest BCUT2D eigenvalue weighted by atomic mass is 32.2. The first-order valence-corrected chi connectivity index (χ1v) is 11.5. The minimum absolute atomic E-state index is 0.0343. The molecular weight excluding hydrogens is 422 g/mol. The number of carbonyl (C=O) groups excluding carboxylic acids is 2. The molecule has 1 N–H and O–H groups in total. The molecule has 1 saturated heterocycles. The van der Waals surface area contributed by atoms with E-state index < -0.39 is 22.0 Å².